The minimum atomic E-state index is -0.158. The minimum Gasteiger partial charge on any atom is -0.351 e. The summed E-state index contributed by atoms with van der Waals surface area (Å²) >= 11 is 0. The monoisotopic (exact) mass is 363 g/mol. The van der Waals surface area contributed by atoms with Crippen LogP contribution in [0, 0.1) is 5.92 Å². The number of aromatic nitrogens is 1. The molecule has 1 unspecified atom stereocenters. The molecule has 1 aromatic carbocycles. The standard InChI is InChI=1S/C22H25N3O2/c26-21(25-15-5-7-16-6-1-4-10-20(16)25)12-14-24-22(27)18-11-13-23-19-9-3-2-8-17(18)19/h2-3,8-11,13,16H,1,4-7,12,14-15H2,(H,24,27). The van der Waals surface area contributed by atoms with Crippen molar-refractivity contribution in [2.75, 3.05) is 13.1 Å². The lowest BCUT2D eigenvalue weighted by molar-refractivity contribution is -0.130. The summed E-state index contributed by atoms with van der Waals surface area (Å²) in [5, 5.41) is 3.73. The molecule has 1 saturated heterocycles. The molecule has 1 N–H and O–H groups in total. The zero-order chi connectivity index (χ0) is 18.6. The van der Waals surface area contributed by atoms with Crippen LogP contribution >= 0.6 is 0 Å². The van der Waals surface area contributed by atoms with Gasteiger partial charge in [-0.25, -0.2) is 0 Å². The molecule has 1 atom stereocenters. The van der Waals surface area contributed by atoms with Crippen molar-refractivity contribution in [2.45, 2.75) is 38.5 Å². The molecule has 2 aliphatic rings. The maximum Gasteiger partial charge on any atom is 0.252 e. The highest BCUT2D eigenvalue weighted by Crippen LogP contribution is 2.35. The number of allylic oxidation sites excluding steroid dienone is 2. The zero-order valence-electron chi connectivity index (χ0n) is 15.5. The molecule has 1 aromatic heterocycles. The van der Waals surface area contributed by atoms with E-state index >= 15 is 0 Å². The number of nitrogens with one attached hydrogen (secondary N) is 1. The van der Waals surface area contributed by atoms with Gasteiger partial charge in [0.2, 0.25) is 5.91 Å². The highest BCUT2D eigenvalue weighted by molar-refractivity contribution is 6.06. The molecule has 0 spiro atoms. The Kier molecular flexibility index (Phi) is 5.19. The second-order valence-corrected chi connectivity index (χ2v) is 7.33. The van der Waals surface area contributed by atoms with Crippen LogP contribution in [0.5, 0.6) is 0 Å². The number of amides is 2. The number of benzene rings is 1. The van der Waals surface area contributed by atoms with Gasteiger partial charge in [0.15, 0.2) is 0 Å². The lowest BCUT2D eigenvalue weighted by Crippen LogP contribution is -2.40. The van der Waals surface area contributed by atoms with Crippen LogP contribution in [-0.4, -0.2) is 34.8 Å². The fraction of sp³-hybridized carbons (Fsp3) is 0.409. The van der Waals surface area contributed by atoms with Crippen molar-refractivity contribution in [1.82, 2.24) is 15.2 Å². The van der Waals surface area contributed by atoms with Crippen molar-refractivity contribution >= 4 is 22.7 Å². The minimum absolute atomic E-state index is 0.118. The Morgan fingerprint density at radius 2 is 2.00 bits per heavy atom. The molecular formula is C22H25N3O2. The molecule has 2 amide bonds. The highest BCUT2D eigenvalue weighted by Gasteiger charge is 2.29. The van der Waals surface area contributed by atoms with Gasteiger partial charge in [-0.1, -0.05) is 24.3 Å². The van der Waals surface area contributed by atoms with Crippen LogP contribution in [0.25, 0.3) is 10.9 Å². The average molecular weight is 363 g/mol. The summed E-state index contributed by atoms with van der Waals surface area (Å²) in [6.07, 6.45) is 9.98. The van der Waals surface area contributed by atoms with Crippen LogP contribution in [0.3, 0.4) is 0 Å². The Balaban J connectivity index is 1.37. The summed E-state index contributed by atoms with van der Waals surface area (Å²) in [6.45, 7) is 1.16. The maximum atomic E-state index is 12.7. The Bertz CT molecular complexity index is 885. The highest BCUT2D eigenvalue weighted by atomic mass is 16.2. The molecule has 0 radical (unpaired) electrons. The number of pyridine rings is 1. The first-order valence-electron chi connectivity index (χ1n) is 9.86. The van der Waals surface area contributed by atoms with Crippen LogP contribution in [0.2, 0.25) is 0 Å². The van der Waals surface area contributed by atoms with Gasteiger partial charge in [0.1, 0.15) is 0 Å². The molecule has 2 heterocycles. The van der Waals surface area contributed by atoms with Gasteiger partial charge >= 0.3 is 0 Å². The van der Waals surface area contributed by atoms with Gasteiger partial charge in [0.05, 0.1) is 11.1 Å². The van der Waals surface area contributed by atoms with Crippen molar-refractivity contribution < 1.29 is 9.59 Å². The summed E-state index contributed by atoms with van der Waals surface area (Å²) in [6, 6.07) is 9.31. The number of para-hydroxylation sites is 1. The third-order valence-electron chi connectivity index (χ3n) is 5.59. The van der Waals surface area contributed by atoms with Crippen LogP contribution in [-0.2, 0) is 4.79 Å². The van der Waals surface area contributed by atoms with Gasteiger partial charge in [0, 0.05) is 36.8 Å². The summed E-state index contributed by atoms with van der Waals surface area (Å²) in [4.78, 5) is 31.5. The number of carbonyl (C=O) groups is 2. The molecule has 1 aliphatic carbocycles. The molecule has 5 heteroatoms. The smallest absolute Gasteiger partial charge is 0.252 e. The van der Waals surface area contributed by atoms with Crippen molar-refractivity contribution in [2.24, 2.45) is 5.92 Å². The second kappa shape index (κ2) is 7.91. The van der Waals surface area contributed by atoms with Crippen LogP contribution in [0.4, 0.5) is 0 Å². The normalized spacial score (nSPS) is 19.3. The lowest BCUT2D eigenvalue weighted by Gasteiger charge is -2.38. The van der Waals surface area contributed by atoms with E-state index < -0.39 is 0 Å². The largest absolute Gasteiger partial charge is 0.351 e. The van der Waals surface area contributed by atoms with Gasteiger partial charge in [-0.05, 0) is 50.2 Å². The molecule has 1 aliphatic heterocycles. The van der Waals surface area contributed by atoms with Gasteiger partial charge in [-0.2, -0.15) is 0 Å². The van der Waals surface area contributed by atoms with E-state index in [1.807, 2.05) is 29.2 Å². The molecule has 4 rings (SSSR count). The lowest BCUT2D eigenvalue weighted by atomic mass is 9.85. The number of fused-ring (bicyclic) bond motifs is 2. The van der Waals surface area contributed by atoms with E-state index in [1.54, 1.807) is 12.3 Å². The van der Waals surface area contributed by atoms with Gasteiger partial charge in [0.25, 0.3) is 5.91 Å². The van der Waals surface area contributed by atoms with Crippen LogP contribution < -0.4 is 5.32 Å². The van der Waals surface area contributed by atoms with E-state index in [4.69, 9.17) is 0 Å². The number of hydrogen-bond donors (Lipinski definition) is 1. The number of hydrogen-bond acceptors (Lipinski definition) is 3. The summed E-state index contributed by atoms with van der Waals surface area (Å²) < 4.78 is 0. The number of nitrogens with zero attached hydrogens (tertiary/aromatic N) is 2. The fourth-order valence-electron chi connectivity index (χ4n) is 4.25. The molecule has 2 aromatic rings. The Morgan fingerprint density at radius 1 is 1.15 bits per heavy atom. The van der Waals surface area contributed by atoms with E-state index in [0.717, 1.165) is 30.3 Å². The number of piperidine rings is 1. The summed E-state index contributed by atoms with van der Waals surface area (Å²) in [5.74, 6) is 0.511. The van der Waals surface area contributed by atoms with Gasteiger partial charge < -0.3 is 10.2 Å². The average Bonchev–Trinajstić information content (AvgIpc) is 2.72. The first-order chi connectivity index (χ1) is 13.2. The fourth-order valence-corrected chi connectivity index (χ4v) is 4.25. The summed E-state index contributed by atoms with van der Waals surface area (Å²) in [7, 11) is 0. The molecule has 5 nitrogen and oxygen atoms in total. The first-order valence-corrected chi connectivity index (χ1v) is 9.86. The van der Waals surface area contributed by atoms with Gasteiger partial charge in [-0.3, -0.25) is 14.6 Å². The Labute approximate surface area is 159 Å². The third kappa shape index (κ3) is 3.72. The van der Waals surface area contributed by atoms with E-state index in [2.05, 4.69) is 16.4 Å². The third-order valence-corrected chi connectivity index (χ3v) is 5.59. The molecular weight excluding hydrogens is 338 g/mol. The Hall–Kier alpha value is -2.69. The zero-order valence-corrected chi connectivity index (χ0v) is 15.5. The molecule has 0 bridgehead atoms. The van der Waals surface area contributed by atoms with Crippen molar-refractivity contribution in [1.29, 1.82) is 0 Å². The maximum absolute atomic E-state index is 12.7. The Morgan fingerprint density at radius 3 is 2.93 bits per heavy atom. The predicted octanol–water partition coefficient (Wildman–Crippen LogP) is 3.66. The topological polar surface area (TPSA) is 62.3 Å². The molecule has 140 valence electrons. The van der Waals surface area contributed by atoms with E-state index in [-0.39, 0.29) is 11.8 Å². The molecule has 0 saturated carbocycles. The van der Waals surface area contributed by atoms with Crippen LogP contribution in [0.1, 0.15) is 48.9 Å². The number of carbonyl (C=O) groups excluding carboxylic acids is 2. The van der Waals surface area contributed by atoms with E-state index in [0.29, 0.717) is 24.4 Å². The molecule has 27 heavy (non-hydrogen) atoms. The van der Waals surface area contributed by atoms with Crippen molar-refractivity contribution in [3.05, 3.63) is 53.9 Å². The van der Waals surface area contributed by atoms with E-state index in [9.17, 15) is 9.59 Å². The van der Waals surface area contributed by atoms with Crippen molar-refractivity contribution in [3.63, 3.8) is 0 Å². The SMILES string of the molecule is O=C(NCCC(=O)N1CCCC2CCCC=C21)c1ccnc2ccccc12. The molecule has 1 fully saturated rings. The second-order valence-electron chi connectivity index (χ2n) is 7.33. The van der Waals surface area contributed by atoms with Crippen molar-refractivity contribution in [3.8, 4) is 0 Å². The quantitative estimate of drug-likeness (QED) is 0.902. The van der Waals surface area contributed by atoms with Gasteiger partial charge in [-0.15, -0.1) is 0 Å². The number of rotatable bonds is 4. The predicted molar refractivity (Wildman–Crippen MR) is 105 cm³/mol. The van der Waals surface area contributed by atoms with Crippen LogP contribution in [0.15, 0.2) is 48.3 Å². The van der Waals surface area contributed by atoms with E-state index in [1.165, 1.54) is 25.0 Å². The summed E-state index contributed by atoms with van der Waals surface area (Å²) in [5.41, 5.74) is 2.62. The number of likely N-dealkylation sites (tertiary alicyclic amines) is 1. The first kappa shape index (κ1) is 17.7.